The number of amides is 3. The maximum atomic E-state index is 15.1. The number of halogens is 1. The van der Waals surface area contributed by atoms with E-state index in [0.29, 0.717) is 29.9 Å². The zero-order chi connectivity index (χ0) is 24.1. The zero-order valence-corrected chi connectivity index (χ0v) is 19.1. The Bertz CT molecular complexity index is 1350. The summed E-state index contributed by atoms with van der Waals surface area (Å²) in [7, 11) is 0. The summed E-state index contributed by atoms with van der Waals surface area (Å²) in [6.45, 7) is 3.96. The number of benzene rings is 2. The summed E-state index contributed by atoms with van der Waals surface area (Å²) >= 11 is 0. The van der Waals surface area contributed by atoms with Crippen molar-refractivity contribution >= 4 is 34.3 Å². The Kier molecular flexibility index (Phi) is 5.25. The predicted octanol–water partition coefficient (Wildman–Crippen LogP) is 1.79. The third-order valence-electron chi connectivity index (χ3n) is 7.21. The number of piperidine rings is 1. The molecule has 6 rings (SSSR count). The molecule has 3 aliphatic rings. The highest BCUT2D eigenvalue weighted by Crippen LogP contribution is 2.33. The average molecular weight is 477 g/mol. The molecule has 35 heavy (non-hydrogen) atoms. The average Bonchev–Trinajstić information content (AvgIpc) is 3.43. The zero-order valence-electron chi connectivity index (χ0n) is 19.1. The smallest absolute Gasteiger partial charge is 0.255 e. The van der Waals surface area contributed by atoms with E-state index in [1.165, 1.54) is 16.5 Å². The lowest BCUT2D eigenvalue weighted by Crippen LogP contribution is -2.52. The number of aromatic amines is 1. The molecular weight excluding hydrogens is 451 g/mol. The molecule has 3 amide bonds. The quantitative estimate of drug-likeness (QED) is 0.557. The number of imide groups is 1. The van der Waals surface area contributed by atoms with Gasteiger partial charge in [-0.05, 0) is 35.7 Å². The van der Waals surface area contributed by atoms with Crippen LogP contribution < -0.4 is 10.2 Å². The number of rotatable bonds is 4. The fraction of sp³-hybridized carbons (Fsp3) is 0.360. The van der Waals surface area contributed by atoms with Gasteiger partial charge in [0.25, 0.3) is 5.91 Å². The Balaban J connectivity index is 1.13. The van der Waals surface area contributed by atoms with Crippen LogP contribution in [0.3, 0.4) is 0 Å². The Morgan fingerprint density at radius 2 is 1.89 bits per heavy atom. The SMILES string of the molecule is O=C1CCC(N2Cc3cc(N4CCN(Cc5ccc6c[nH]nc6c5)CC4)c(F)cc3C2=O)C(=O)N1. The largest absolute Gasteiger partial charge is 0.367 e. The van der Waals surface area contributed by atoms with Crippen LogP contribution in [0.2, 0.25) is 0 Å². The van der Waals surface area contributed by atoms with Crippen molar-refractivity contribution in [3.8, 4) is 0 Å². The van der Waals surface area contributed by atoms with Gasteiger partial charge < -0.3 is 9.80 Å². The Labute approximate surface area is 200 Å². The van der Waals surface area contributed by atoms with Gasteiger partial charge in [-0.3, -0.25) is 29.7 Å². The minimum atomic E-state index is -0.705. The Hall–Kier alpha value is -3.79. The Morgan fingerprint density at radius 1 is 1.06 bits per heavy atom. The number of carbonyl (C=O) groups excluding carboxylic acids is 3. The molecule has 4 heterocycles. The standard InChI is InChI=1S/C25H25FN6O3/c26-19-11-18-17(14-32(25(18)35)21-3-4-23(33)28-24(21)34)10-22(19)31-7-5-30(6-8-31)13-15-1-2-16-12-27-29-20(16)9-15/h1-2,9-12,21H,3-8,13-14H2,(H,27,29)(H,28,33,34). The summed E-state index contributed by atoms with van der Waals surface area (Å²) in [6, 6.07) is 8.59. The molecule has 1 unspecified atom stereocenters. The molecule has 180 valence electrons. The van der Waals surface area contributed by atoms with E-state index >= 15 is 4.39 Å². The molecule has 0 aliphatic carbocycles. The normalized spacial score (nSPS) is 21.1. The third-order valence-corrected chi connectivity index (χ3v) is 7.21. The van der Waals surface area contributed by atoms with Crippen molar-refractivity contribution in [1.82, 2.24) is 25.3 Å². The molecule has 10 heteroatoms. The number of piperazine rings is 1. The van der Waals surface area contributed by atoms with E-state index in [-0.39, 0.29) is 31.2 Å². The summed E-state index contributed by atoms with van der Waals surface area (Å²) in [5.74, 6) is -1.59. The third kappa shape index (κ3) is 3.93. The molecular formula is C25H25FN6O3. The first-order chi connectivity index (χ1) is 17.0. The van der Waals surface area contributed by atoms with E-state index < -0.39 is 17.8 Å². The second-order valence-corrected chi connectivity index (χ2v) is 9.40. The van der Waals surface area contributed by atoms with E-state index in [9.17, 15) is 14.4 Å². The molecule has 0 spiro atoms. The maximum Gasteiger partial charge on any atom is 0.255 e. The lowest BCUT2D eigenvalue weighted by Gasteiger charge is -2.36. The molecule has 2 saturated heterocycles. The van der Waals surface area contributed by atoms with Crippen LogP contribution in [-0.4, -0.2) is 69.9 Å². The summed E-state index contributed by atoms with van der Waals surface area (Å²) in [5, 5.41) is 10.5. The number of anilines is 1. The molecule has 1 aromatic heterocycles. The monoisotopic (exact) mass is 476 g/mol. The fourth-order valence-electron chi connectivity index (χ4n) is 5.30. The van der Waals surface area contributed by atoms with Gasteiger partial charge in [0.05, 0.1) is 11.2 Å². The fourth-order valence-corrected chi connectivity index (χ4v) is 5.30. The molecule has 3 aliphatic heterocycles. The van der Waals surface area contributed by atoms with Gasteiger partial charge in [-0.15, -0.1) is 0 Å². The molecule has 2 N–H and O–H groups in total. The first kappa shape index (κ1) is 21.7. The van der Waals surface area contributed by atoms with Crippen LogP contribution in [0.5, 0.6) is 0 Å². The van der Waals surface area contributed by atoms with Gasteiger partial charge in [-0.2, -0.15) is 5.10 Å². The first-order valence-electron chi connectivity index (χ1n) is 11.8. The second-order valence-electron chi connectivity index (χ2n) is 9.40. The van der Waals surface area contributed by atoms with Crippen LogP contribution >= 0.6 is 0 Å². The van der Waals surface area contributed by atoms with Crippen LogP contribution in [0.25, 0.3) is 10.9 Å². The van der Waals surface area contributed by atoms with Crippen molar-refractivity contribution in [2.24, 2.45) is 0 Å². The van der Waals surface area contributed by atoms with Gasteiger partial charge in [-0.25, -0.2) is 4.39 Å². The van der Waals surface area contributed by atoms with Gasteiger partial charge in [-0.1, -0.05) is 12.1 Å². The molecule has 3 aromatic rings. The van der Waals surface area contributed by atoms with Crippen LogP contribution in [0.1, 0.15) is 34.3 Å². The lowest BCUT2D eigenvalue weighted by molar-refractivity contribution is -0.136. The number of nitrogens with zero attached hydrogens (tertiary/aromatic N) is 4. The lowest BCUT2D eigenvalue weighted by atomic mass is 10.0. The van der Waals surface area contributed by atoms with Crippen molar-refractivity contribution in [2.45, 2.75) is 32.0 Å². The van der Waals surface area contributed by atoms with Crippen LogP contribution in [0, 0.1) is 5.82 Å². The molecule has 0 bridgehead atoms. The summed E-state index contributed by atoms with van der Waals surface area (Å²) in [4.78, 5) is 42.4. The minimum absolute atomic E-state index is 0.190. The topological polar surface area (TPSA) is 102 Å². The highest BCUT2D eigenvalue weighted by Gasteiger charge is 2.40. The summed E-state index contributed by atoms with van der Waals surface area (Å²) < 4.78 is 15.1. The molecule has 0 saturated carbocycles. The van der Waals surface area contributed by atoms with Gasteiger partial charge in [0, 0.05) is 62.8 Å². The summed E-state index contributed by atoms with van der Waals surface area (Å²) in [6.07, 6.45) is 2.35. The first-order valence-corrected chi connectivity index (χ1v) is 11.8. The Morgan fingerprint density at radius 3 is 2.69 bits per heavy atom. The van der Waals surface area contributed by atoms with E-state index in [4.69, 9.17) is 0 Å². The predicted molar refractivity (Wildman–Crippen MR) is 126 cm³/mol. The second kappa shape index (κ2) is 8.46. The van der Waals surface area contributed by atoms with E-state index in [0.717, 1.165) is 30.5 Å². The van der Waals surface area contributed by atoms with Crippen LogP contribution in [-0.2, 0) is 22.7 Å². The number of nitrogens with one attached hydrogen (secondary N) is 2. The van der Waals surface area contributed by atoms with Crippen molar-refractivity contribution in [3.05, 3.63) is 59.0 Å². The van der Waals surface area contributed by atoms with E-state index in [1.54, 1.807) is 6.07 Å². The maximum absolute atomic E-state index is 15.1. The number of hydrogen-bond donors (Lipinski definition) is 2. The number of hydrogen-bond acceptors (Lipinski definition) is 6. The highest BCUT2D eigenvalue weighted by molar-refractivity contribution is 6.05. The van der Waals surface area contributed by atoms with Gasteiger partial charge in [0.15, 0.2) is 0 Å². The highest BCUT2D eigenvalue weighted by atomic mass is 19.1. The number of fused-ring (bicyclic) bond motifs is 2. The summed E-state index contributed by atoms with van der Waals surface area (Å²) in [5.41, 5.74) is 3.63. The molecule has 0 radical (unpaired) electrons. The molecule has 1 atom stereocenters. The van der Waals surface area contributed by atoms with Gasteiger partial charge >= 0.3 is 0 Å². The molecule has 2 fully saturated rings. The van der Waals surface area contributed by atoms with Crippen LogP contribution in [0.4, 0.5) is 10.1 Å². The van der Waals surface area contributed by atoms with Crippen LogP contribution in [0.15, 0.2) is 36.5 Å². The van der Waals surface area contributed by atoms with Crippen molar-refractivity contribution in [3.63, 3.8) is 0 Å². The van der Waals surface area contributed by atoms with E-state index in [1.807, 2.05) is 11.1 Å². The van der Waals surface area contributed by atoms with Crippen molar-refractivity contribution < 1.29 is 18.8 Å². The van der Waals surface area contributed by atoms with Gasteiger partial charge in [0.1, 0.15) is 11.9 Å². The minimum Gasteiger partial charge on any atom is -0.367 e. The van der Waals surface area contributed by atoms with Crippen molar-refractivity contribution in [1.29, 1.82) is 0 Å². The molecule has 2 aromatic carbocycles. The van der Waals surface area contributed by atoms with Crippen molar-refractivity contribution in [2.75, 3.05) is 31.1 Å². The van der Waals surface area contributed by atoms with E-state index in [2.05, 4.69) is 38.6 Å². The number of H-pyrrole nitrogens is 1. The molecule has 9 nitrogen and oxygen atoms in total. The van der Waals surface area contributed by atoms with Gasteiger partial charge in [0.2, 0.25) is 11.8 Å². The number of aromatic nitrogens is 2. The number of carbonyl (C=O) groups is 3.